The van der Waals surface area contributed by atoms with Crippen molar-refractivity contribution in [2.45, 2.75) is 38.6 Å². The van der Waals surface area contributed by atoms with Crippen LogP contribution in [0, 0.1) is 20.8 Å². The molecular formula is C22H30N2O6S. The van der Waals surface area contributed by atoms with Gasteiger partial charge in [0, 0.05) is 32.0 Å². The number of ketones is 1. The number of aryl methyl sites for hydroxylation is 1. The van der Waals surface area contributed by atoms with Gasteiger partial charge in [0.05, 0.1) is 24.7 Å². The van der Waals surface area contributed by atoms with E-state index >= 15 is 0 Å². The molecule has 1 aromatic heterocycles. The van der Waals surface area contributed by atoms with Crippen LogP contribution in [0.1, 0.15) is 44.6 Å². The van der Waals surface area contributed by atoms with Gasteiger partial charge >= 0.3 is 5.97 Å². The number of Topliss-reactive ketones (excluding diaryl/α,β-unsaturated/α-hetero) is 1. The Bertz CT molecular complexity index is 1070. The standard InChI is InChI=1S/C22H30N2O6S/c1-14-8-10-18(11-9-14)31(27,28)24(12-13-29-6)17(4)21(25)19-15(2)20(22(26)30-7)23(5)16(19)3/h8-11,17H,12-13H2,1-7H3. The fraction of sp³-hybridized carbons (Fsp3) is 0.455. The van der Waals surface area contributed by atoms with E-state index in [1.807, 2.05) is 6.92 Å². The van der Waals surface area contributed by atoms with E-state index in [1.165, 1.54) is 26.4 Å². The Hall–Kier alpha value is -2.49. The molecule has 1 atom stereocenters. The number of hydrogen-bond donors (Lipinski definition) is 0. The topological polar surface area (TPSA) is 94.9 Å². The molecule has 1 unspecified atom stereocenters. The summed E-state index contributed by atoms with van der Waals surface area (Å²) in [4.78, 5) is 25.8. The van der Waals surface area contributed by atoms with E-state index in [2.05, 4.69) is 0 Å². The van der Waals surface area contributed by atoms with Gasteiger partial charge in [-0.2, -0.15) is 4.31 Å². The van der Waals surface area contributed by atoms with Gasteiger partial charge in [0.2, 0.25) is 10.0 Å². The number of methoxy groups -OCH3 is 2. The van der Waals surface area contributed by atoms with Crippen molar-refractivity contribution in [2.24, 2.45) is 7.05 Å². The molecular weight excluding hydrogens is 420 g/mol. The first-order chi connectivity index (χ1) is 14.5. The van der Waals surface area contributed by atoms with Crippen LogP contribution in [0.5, 0.6) is 0 Å². The molecule has 31 heavy (non-hydrogen) atoms. The van der Waals surface area contributed by atoms with Crippen LogP contribution in [0.3, 0.4) is 0 Å². The molecule has 2 aromatic rings. The molecule has 0 spiro atoms. The van der Waals surface area contributed by atoms with Gasteiger partial charge in [0.25, 0.3) is 0 Å². The lowest BCUT2D eigenvalue weighted by molar-refractivity contribution is 0.0588. The van der Waals surface area contributed by atoms with Crippen molar-refractivity contribution >= 4 is 21.8 Å². The molecule has 0 saturated carbocycles. The number of nitrogens with zero attached hydrogens (tertiary/aromatic N) is 2. The Morgan fingerprint density at radius 1 is 1.10 bits per heavy atom. The van der Waals surface area contributed by atoms with Crippen molar-refractivity contribution in [2.75, 3.05) is 27.4 Å². The zero-order valence-electron chi connectivity index (χ0n) is 19.1. The highest BCUT2D eigenvalue weighted by Crippen LogP contribution is 2.27. The minimum atomic E-state index is -3.96. The van der Waals surface area contributed by atoms with Crippen LogP contribution in [0.4, 0.5) is 0 Å². The second-order valence-electron chi connectivity index (χ2n) is 7.45. The molecule has 1 aromatic carbocycles. The Morgan fingerprint density at radius 3 is 2.19 bits per heavy atom. The molecule has 9 heteroatoms. The highest BCUT2D eigenvalue weighted by atomic mass is 32.2. The molecule has 0 aliphatic rings. The number of esters is 1. The van der Waals surface area contributed by atoms with Crippen molar-refractivity contribution < 1.29 is 27.5 Å². The number of benzene rings is 1. The summed E-state index contributed by atoms with van der Waals surface area (Å²) < 4.78 is 39.4. The summed E-state index contributed by atoms with van der Waals surface area (Å²) >= 11 is 0. The third-order valence-electron chi connectivity index (χ3n) is 5.51. The number of rotatable bonds is 9. The van der Waals surface area contributed by atoms with Crippen molar-refractivity contribution in [1.82, 2.24) is 8.87 Å². The summed E-state index contributed by atoms with van der Waals surface area (Å²) in [5, 5.41) is 0. The van der Waals surface area contributed by atoms with Crippen LogP contribution in [-0.4, -0.2) is 62.5 Å². The van der Waals surface area contributed by atoms with Gasteiger partial charge in [0.1, 0.15) is 5.69 Å². The van der Waals surface area contributed by atoms with E-state index in [1.54, 1.807) is 44.5 Å². The molecule has 0 aliphatic heterocycles. The van der Waals surface area contributed by atoms with Gasteiger partial charge in [-0.25, -0.2) is 13.2 Å². The molecule has 2 rings (SSSR count). The van der Waals surface area contributed by atoms with E-state index in [4.69, 9.17) is 9.47 Å². The molecule has 0 bridgehead atoms. The largest absolute Gasteiger partial charge is 0.464 e. The smallest absolute Gasteiger partial charge is 0.354 e. The van der Waals surface area contributed by atoms with Crippen molar-refractivity contribution in [3.63, 3.8) is 0 Å². The first kappa shape index (κ1) is 24.8. The van der Waals surface area contributed by atoms with Crippen LogP contribution in [-0.2, 0) is 26.5 Å². The number of aromatic nitrogens is 1. The predicted octanol–water partition coefficient (Wildman–Crippen LogP) is 2.65. The monoisotopic (exact) mass is 450 g/mol. The zero-order valence-corrected chi connectivity index (χ0v) is 19.9. The van der Waals surface area contributed by atoms with Crippen LogP contribution in [0.2, 0.25) is 0 Å². The summed E-state index contributed by atoms with van der Waals surface area (Å²) in [6.07, 6.45) is 0. The van der Waals surface area contributed by atoms with Crippen LogP contribution < -0.4 is 0 Å². The third-order valence-corrected chi connectivity index (χ3v) is 7.49. The number of ether oxygens (including phenoxy) is 2. The number of sulfonamides is 1. The molecule has 0 aliphatic carbocycles. The van der Waals surface area contributed by atoms with Crippen molar-refractivity contribution in [1.29, 1.82) is 0 Å². The van der Waals surface area contributed by atoms with E-state index in [0.29, 0.717) is 16.8 Å². The molecule has 170 valence electrons. The lowest BCUT2D eigenvalue weighted by atomic mass is 10.0. The fourth-order valence-electron chi connectivity index (χ4n) is 3.62. The number of hydrogen-bond acceptors (Lipinski definition) is 6. The van der Waals surface area contributed by atoms with Gasteiger partial charge < -0.3 is 14.0 Å². The molecule has 0 radical (unpaired) electrons. The van der Waals surface area contributed by atoms with Crippen LogP contribution in [0.15, 0.2) is 29.2 Å². The van der Waals surface area contributed by atoms with Gasteiger partial charge in [-0.05, 0) is 45.4 Å². The first-order valence-electron chi connectivity index (χ1n) is 9.84. The quantitative estimate of drug-likeness (QED) is 0.431. The Kier molecular flexibility index (Phi) is 7.80. The third kappa shape index (κ3) is 4.73. The maximum absolute atomic E-state index is 13.5. The zero-order chi connectivity index (χ0) is 23.5. The van der Waals surface area contributed by atoms with E-state index in [0.717, 1.165) is 9.87 Å². The molecule has 1 heterocycles. The lowest BCUT2D eigenvalue weighted by Crippen LogP contribution is -2.45. The number of carbonyl (C=O) groups is 2. The Labute approximate surface area is 183 Å². The highest BCUT2D eigenvalue weighted by Gasteiger charge is 2.36. The van der Waals surface area contributed by atoms with E-state index in [-0.39, 0.29) is 23.7 Å². The lowest BCUT2D eigenvalue weighted by Gasteiger charge is -2.27. The van der Waals surface area contributed by atoms with Crippen molar-refractivity contribution in [3.8, 4) is 0 Å². The summed E-state index contributed by atoms with van der Waals surface area (Å²) in [6, 6.07) is 5.46. The summed E-state index contributed by atoms with van der Waals surface area (Å²) in [5.41, 5.74) is 2.53. The summed E-state index contributed by atoms with van der Waals surface area (Å²) in [6.45, 7) is 6.93. The summed E-state index contributed by atoms with van der Waals surface area (Å²) in [7, 11) is 0.452. The Balaban J connectivity index is 2.54. The van der Waals surface area contributed by atoms with Gasteiger partial charge in [0.15, 0.2) is 5.78 Å². The second kappa shape index (κ2) is 9.76. The number of carbonyl (C=O) groups excluding carboxylic acids is 2. The van der Waals surface area contributed by atoms with Gasteiger partial charge in [-0.3, -0.25) is 4.79 Å². The van der Waals surface area contributed by atoms with Gasteiger partial charge in [-0.1, -0.05) is 17.7 Å². The molecule has 0 N–H and O–H groups in total. The van der Waals surface area contributed by atoms with E-state index in [9.17, 15) is 18.0 Å². The fourth-order valence-corrected chi connectivity index (χ4v) is 5.19. The maximum Gasteiger partial charge on any atom is 0.354 e. The molecule has 0 amide bonds. The SMILES string of the molecule is COCCN(C(C)C(=O)c1c(C)c(C(=O)OC)n(C)c1C)S(=O)(=O)c1ccc(C)cc1. The summed E-state index contributed by atoms with van der Waals surface area (Å²) in [5.74, 6) is -0.953. The first-order valence-corrected chi connectivity index (χ1v) is 11.3. The normalized spacial score (nSPS) is 12.8. The van der Waals surface area contributed by atoms with Gasteiger partial charge in [-0.15, -0.1) is 0 Å². The molecule has 8 nitrogen and oxygen atoms in total. The van der Waals surface area contributed by atoms with Crippen LogP contribution >= 0.6 is 0 Å². The predicted molar refractivity (Wildman–Crippen MR) is 117 cm³/mol. The molecule has 0 fully saturated rings. The average Bonchev–Trinajstić information content (AvgIpc) is 2.95. The minimum absolute atomic E-state index is 0.00834. The van der Waals surface area contributed by atoms with E-state index < -0.39 is 27.8 Å². The van der Waals surface area contributed by atoms with Crippen molar-refractivity contribution in [3.05, 3.63) is 52.3 Å². The highest BCUT2D eigenvalue weighted by molar-refractivity contribution is 7.89. The average molecular weight is 451 g/mol. The maximum atomic E-state index is 13.5. The van der Waals surface area contributed by atoms with Crippen LogP contribution in [0.25, 0.3) is 0 Å². The Morgan fingerprint density at radius 2 is 1.68 bits per heavy atom. The molecule has 0 saturated heterocycles. The minimum Gasteiger partial charge on any atom is -0.464 e. The second-order valence-corrected chi connectivity index (χ2v) is 9.34.